The fraction of sp³-hybridized carbons (Fsp3) is 0.571. The van der Waals surface area contributed by atoms with Gasteiger partial charge in [0.15, 0.2) is 6.79 Å². The van der Waals surface area contributed by atoms with Crippen molar-refractivity contribution in [3.05, 3.63) is 27.7 Å². The van der Waals surface area contributed by atoms with Gasteiger partial charge >= 0.3 is 0 Å². The molecule has 1 fully saturated rings. The molecule has 5 heteroatoms. The minimum atomic E-state index is 0.370. The number of hydrogen-bond donors (Lipinski definition) is 1. The van der Waals surface area contributed by atoms with Crippen LogP contribution in [-0.2, 0) is 17.8 Å². The molecule has 0 amide bonds. The van der Waals surface area contributed by atoms with Gasteiger partial charge in [0.2, 0.25) is 0 Å². The van der Waals surface area contributed by atoms with Crippen LogP contribution in [0.2, 0.25) is 0 Å². The minimum absolute atomic E-state index is 0.370. The van der Waals surface area contributed by atoms with Gasteiger partial charge in [0, 0.05) is 42.8 Å². The van der Waals surface area contributed by atoms with Crippen LogP contribution in [0.15, 0.2) is 16.6 Å². The highest BCUT2D eigenvalue weighted by Crippen LogP contribution is 2.32. The van der Waals surface area contributed by atoms with Crippen LogP contribution in [0.5, 0.6) is 5.75 Å². The van der Waals surface area contributed by atoms with Gasteiger partial charge in [-0.05, 0) is 24.1 Å². The predicted molar refractivity (Wildman–Crippen MR) is 77.4 cm³/mol. The summed E-state index contributed by atoms with van der Waals surface area (Å²) in [5.74, 6) is 1.03. The predicted octanol–water partition coefficient (Wildman–Crippen LogP) is 1.76. The van der Waals surface area contributed by atoms with Gasteiger partial charge in [0.05, 0.1) is 6.61 Å². The van der Waals surface area contributed by atoms with Gasteiger partial charge in [-0.15, -0.1) is 0 Å². The highest BCUT2D eigenvalue weighted by atomic mass is 79.9. The van der Waals surface area contributed by atoms with E-state index in [-0.39, 0.29) is 0 Å². The first-order valence-electron chi connectivity index (χ1n) is 6.78. The number of fused-ring (bicyclic) bond motifs is 1. The number of piperazine rings is 1. The molecule has 0 aromatic heterocycles. The molecular weight excluding hydrogens is 308 g/mol. The van der Waals surface area contributed by atoms with Crippen LogP contribution in [0.4, 0.5) is 0 Å². The first-order valence-corrected chi connectivity index (χ1v) is 7.57. The van der Waals surface area contributed by atoms with Gasteiger partial charge in [-0.25, -0.2) is 0 Å². The molecule has 2 aliphatic rings. The van der Waals surface area contributed by atoms with Crippen molar-refractivity contribution in [2.45, 2.75) is 13.0 Å². The van der Waals surface area contributed by atoms with E-state index >= 15 is 0 Å². The Kier molecular flexibility index (Phi) is 4.38. The van der Waals surface area contributed by atoms with Gasteiger partial charge < -0.3 is 19.7 Å². The molecular formula is C14H19BrN2O2. The maximum absolute atomic E-state index is 5.68. The number of ether oxygens (including phenoxy) is 2. The second kappa shape index (κ2) is 6.22. The molecule has 2 aliphatic heterocycles. The van der Waals surface area contributed by atoms with Gasteiger partial charge in [-0.3, -0.25) is 0 Å². The van der Waals surface area contributed by atoms with Crippen molar-refractivity contribution in [1.29, 1.82) is 0 Å². The second-order valence-corrected chi connectivity index (χ2v) is 5.92. The number of rotatable bonds is 3. The second-order valence-electron chi connectivity index (χ2n) is 5.01. The quantitative estimate of drug-likeness (QED) is 0.917. The number of nitrogens with one attached hydrogen (secondary N) is 1. The monoisotopic (exact) mass is 326 g/mol. The summed E-state index contributed by atoms with van der Waals surface area (Å²) in [7, 11) is 0. The van der Waals surface area contributed by atoms with Crippen LogP contribution < -0.4 is 10.1 Å². The van der Waals surface area contributed by atoms with Crippen molar-refractivity contribution < 1.29 is 9.47 Å². The Hall–Kier alpha value is -0.620. The van der Waals surface area contributed by atoms with Crippen molar-refractivity contribution >= 4 is 15.9 Å². The van der Waals surface area contributed by atoms with Crippen molar-refractivity contribution in [3.8, 4) is 5.75 Å². The van der Waals surface area contributed by atoms with Crippen molar-refractivity contribution in [3.63, 3.8) is 0 Å². The van der Waals surface area contributed by atoms with Crippen molar-refractivity contribution in [1.82, 2.24) is 10.2 Å². The Morgan fingerprint density at radius 1 is 1.26 bits per heavy atom. The van der Waals surface area contributed by atoms with Crippen LogP contribution in [0.3, 0.4) is 0 Å². The fourth-order valence-corrected chi connectivity index (χ4v) is 3.21. The van der Waals surface area contributed by atoms with E-state index in [4.69, 9.17) is 9.47 Å². The third-order valence-corrected chi connectivity index (χ3v) is 4.12. The van der Waals surface area contributed by atoms with Gasteiger partial charge in [-0.1, -0.05) is 15.9 Å². The zero-order chi connectivity index (χ0) is 13.1. The van der Waals surface area contributed by atoms with Crippen LogP contribution in [0.1, 0.15) is 11.1 Å². The highest BCUT2D eigenvalue weighted by Gasteiger charge is 2.17. The van der Waals surface area contributed by atoms with Gasteiger partial charge in [0.1, 0.15) is 5.75 Å². The largest absolute Gasteiger partial charge is 0.467 e. The van der Waals surface area contributed by atoms with E-state index in [0.29, 0.717) is 13.4 Å². The summed E-state index contributed by atoms with van der Waals surface area (Å²) in [6.07, 6.45) is 1.03. The summed E-state index contributed by atoms with van der Waals surface area (Å²) in [6.45, 7) is 6.58. The lowest BCUT2D eigenvalue weighted by Crippen LogP contribution is -2.44. The van der Waals surface area contributed by atoms with Gasteiger partial charge in [-0.2, -0.15) is 0 Å². The summed E-state index contributed by atoms with van der Waals surface area (Å²) in [5, 5.41) is 3.38. The number of benzene rings is 1. The molecule has 1 saturated heterocycles. The van der Waals surface area contributed by atoms with Crippen LogP contribution >= 0.6 is 15.9 Å². The number of halogens is 1. The average Bonchev–Trinajstić information content (AvgIpc) is 2.45. The molecule has 0 spiro atoms. The lowest BCUT2D eigenvalue weighted by Gasteiger charge is -2.28. The molecule has 0 atom stereocenters. The summed E-state index contributed by atoms with van der Waals surface area (Å²) in [4.78, 5) is 2.50. The van der Waals surface area contributed by atoms with E-state index in [0.717, 1.165) is 54.9 Å². The van der Waals surface area contributed by atoms with Gasteiger partial charge in [0.25, 0.3) is 0 Å². The molecule has 0 unspecified atom stereocenters. The normalized spacial score (nSPS) is 19.8. The Balaban J connectivity index is 1.70. The lowest BCUT2D eigenvalue weighted by molar-refractivity contribution is -0.0171. The zero-order valence-electron chi connectivity index (χ0n) is 11.0. The molecule has 1 aromatic rings. The first-order chi connectivity index (χ1) is 9.33. The Morgan fingerprint density at radius 3 is 2.95 bits per heavy atom. The molecule has 104 valence electrons. The molecule has 2 heterocycles. The SMILES string of the molecule is Brc1cc(CCN2CCNCC2)c2c(c1)COCO2. The molecule has 0 saturated carbocycles. The molecule has 0 radical (unpaired) electrons. The molecule has 1 N–H and O–H groups in total. The van der Waals surface area contributed by atoms with Crippen LogP contribution in [-0.4, -0.2) is 44.4 Å². The average molecular weight is 327 g/mol. The summed E-state index contributed by atoms with van der Waals surface area (Å²) < 4.78 is 12.1. The van der Waals surface area contributed by atoms with E-state index in [9.17, 15) is 0 Å². The summed E-state index contributed by atoms with van der Waals surface area (Å²) in [5.41, 5.74) is 2.43. The molecule has 3 rings (SSSR count). The lowest BCUT2D eigenvalue weighted by atomic mass is 10.1. The smallest absolute Gasteiger partial charge is 0.189 e. The zero-order valence-corrected chi connectivity index (χ0v) is 12.5. The third kappa shape index (κ3) is 3.28. The number of hydrogen-bond acceptors (Lipinski definition) is 4. The van der Waals surface area contributed by atoms with Crippen molar-refractivity contribution in [2.24, 2.45) is 0 Å². The first kappa shape index (κ1) is 13.4. The third-order valence-electron chi connectivity index (χ3n) is 3.66. The molecule has 19 heavy (non-hydrogen) atoms. The Bertz CT molecular complexity index is 447. The molecule has 0 aliphatic carbocycles. The van der Waals surface area contributed by atoms with Crippen LogP contribution in [0, 0.1) is 0 Å². The molecule has 1 aromatic carbocycles. The van der Waals surface area contributed by atoms with Crippen LogP contribution in [0.25, 0.3) is 0 Å². The van der Waals surface area contributed by atoms with E-state index in [2.05, 4.69) is 38.3 Å². The minimum Gasteiger partial charge on any atom is -0.467 e. The molecule has 4 nitrogen and oxygen atoms in total. The highest BCUT2D eigenvalue weighted by molar-refractivity contribution is 9.10. The standard InChI is InChI=1S/C14H19BrN2O2/c15-13-7-11(1-4-17-5-2-16-3-6-17)14-12(8-13)9-18-10-19-14/h7-8,16H,1-6,9-10H2. The van der Waals surface area contributed by atoms with Crippen molar-refractivity contribution in [2.75, 3.05) is 39.5 Å². The molecule has 0 bridgehead atoms. The maximum Gasteiger partial charge on any atom is 0.189 e. The van der Waals surface area contributed by atoms with E-state index in [1.165, 1.54) is 5.56 Å². The van der Waals surface area contributed by atoms with E-state index in [1.54, 1.807) is 0 Å². The number of nitrogens with zero attached hydrogens (tertiary/aromatic N) is 1. The maximum atomic E-state index is 5.68. The Labute approximate surface area is 122 Å². The topological polar surface area (TPSA) is 33.7 Å². The van der Waals surface area contributed by atoms with E-state index < -0.39 is 0 Å². The Morgan fingerprint density at radius 2 is 2.11 bits per heavy atom. The summed E-state index contributed by atoms with van der Waals surface area (Å²) in [6, 6.07) is 4.26. The summed E-state index contributed by atoms with van der Waals surface area (Å²) >= 11 is 3.57. The fourth-order valence-electron chi connectivity index (χ4n) is 2.66. The van der Waals surface area contributed by atoms with E-state index in [1.807, 2.05) is 0 Å².